The number of nitrogens with one attached hydrogen (secondary N) is 1. The first-order valence-electron chi connectivity index (χ1n) is 6.39. The topological polar surface area (TPSA) is 81.5 Å². The Hall–Kier alpha value is -2.60. The molecule has 6 nitrogen and oxygen atoms in total. The van der Waals surface area contributed by atoms with Crippen molar-refractivity contribution in [1.82, 2.24) is 0 Å². The molecule has 0 unspecified atom stereocenters. The van der Waals surface area contributed by atoms with Crippen molar-refractivity contribution in [3.05, 3.63) is 63.2 Å². The van der Waals surface area contributed by atoms with Gasteiger partial charge in [-0.1, -0.05) is 23.7 Å². The Bertz CT molecular complexity index is 718. The third kappa shape index (κ3) is 3.95. The summed E-state index contributed by atoms with van der Waals surface area (Å²) in [7, 11) is 0. The molecular formula is C15H13ClN2O4. The number of non-ortho nitro benzene ring substituents is 1. The monoisotopic (exact) mass is 320 g/mol. The van der Waals surface area contributed by atoms with Crippen LogP contribution in [0.4, 0.5) is 11.4 Å². The molecule has 0 radical (unpaired) electrons. The number of nitro groups is 1. The number of benzene rings is 2. The van der Waals surface area contributed by atoms with Gasteiger partial charge in [-0.2, -0.15) is 0 Å². The van der Waals surface area contributed by atoms with Gasteiger partial charge in [0.1, 0.15) is 5.75 Å². The summed E-state index contributed by atoms with van der Waals surface area (Å²) in [6.07, 6.45) is 0. The van der Waals surface area contributed by atoms with Crippen LogP contribution in [0.25, 0.3) is 0 Å². The normalized spacial score (nSPS) is 10.1. The molecule has 0 heterocycles. The van der Waals surface area contributed by atoms with Crippen LogP contribution in [0.3, 0.4) is 0 Å². The molecule has 0 aromatic heterocycles. The number of carbonyl (C=O) groups is 1. The van der Waals surface area contributed by atoms with Crippen molar-refractivity contribution in [3.8, 4) is 5.75 Å². The highest BCUT2D eigenvalue weighted by molar-refractivity contribution is 6.32. The summed E-state index contributed by atoms with van der Waals surface area (Å²) < 4.78 is 5.32. The van der Waals surface area contributed by atoms with Crippen molar-refractivity contribution in [1.29, 1.82) is 0 Å². The first-order valence-corrected chi connectivity index (χ1v) is 6.77. The fraction of sp³-hybridized carbons (Fsp3) is 0.133. The molecule has 0 fully saturated rings. The van der Waals surface area contributed by atoms with Crippen molar-refractivity contribution in [3.63, 3.8) is 0 Å². The third-order valence-electron chi connectivity index (χ3n) is 2.89. The minimum absolute atomic E-state index is 0.0252. The second-order valence-corrected chi connectivity index (χ2v) is 4.93. The van der Waals surface area contributed by atoms with Crippen LogP contribution >= 0.6 is 11.6 Å². The van der Waals surface area contributed by atoms with E-state index in [1.807, 2.05) is 0 Å². The van der Waals surface area contributed by atoms with Gasteiger partial charge in [0.25, 0.3) is 11.6 Å². The predicted molar refractivity (Wildman–Crippen MR) is 83.4 cm³/mol. The van der Waals surface area contributed by atoms with E-state index in [1.54, 1.807) is 31.2 Å². The Morgan fingerprint density at radius 3 is 2.68 bits per heavy atom. The maximum absolute atomic E-state index is 11.9. The summed E-state index contributed by atoms with van der Waals surface area (Å²) in [6, 6.07) is 11.0. The fourth-order valence-electron chi connectivity index (χ4n) is 1.79. The highest BCUT2D eigenvalue weighted by atomic mass is 35.5. The number of nitrogens with zero attached hydrogens (tertiary/aromatic N) is 1. The van der Waals surface area contributed by atoms with Crippen molar-refractivity contribution in [2.45, 2.75) is 6.92 Å². The van der Waals surface area contributed by atoms with Gasteiger partial charge in [-0.3, -0.25) is 14.9 Å². The van der Waals surface area contributed by atoms with Gasteiger partial charge in [-0.15, -0.1) is 0 Å². The maximum atomic E-state index is 11.9. The second-order valence-electron chi connectivity index (χ2n) is 4.52. The number of halogens is 1. The van der Waals surface area contributed by atoms with Crippen LogP contribution in [0.1, 0.15) is 5.56 Å². The SMILES string of the molecule is Cc1cc([N+](=O)[O-])ccc1NC(=O)COc1ccccc1Cl. The molecule has 0 aliphatic rings. The quantitative estimate of drug-likeness (QED) is 0.674. The highest BCUT2D eigenvalue weighted by Gasteiger charge is 2.11. The number of anilines is 1. The molecule has 0 aliphatic carbocycles. The van der Waals surface area contributed by atoms with E-state index in [4.69, 9.17) is 16.3 Å². The highest BCUT2D eigenvalue weighted by Crippen LogP contribution is 2.23. The zero-order valence-corrected chi connectivity index (χ0v) is 12.5. The van der Waals surface area contributed by atoms with Gasteiger partial charge in [0.2, 0.25) is 0 Å². The predicted octanol–water partition coefficient (Wildman–Crippen LogP) is 3.57. The molecule has 0 saturated heterocycles. The molecule has 0 spiro atoms. The van der Waals surface area contributed by atoms with E-state index in [0.717, 1.165) is 0 Å². The number of nitro benzene ring substituents is 1. The summed E-state index contributed by atoms with van der Waals surface area (Å²) in [5.41, 5.74) is 1.07. The van der Waals surface area contributed by atoms with Crippen LogP contribution in [0.5, 0.6) is 5.75 Å². The second kappa shape index (κ2) is 6.91. The lowest BCUT2D eigenvalue weighted by Gasteiger charge is -2.10. The van der Waals surface area contributed by atoms with Gasteiger partial charge in [0, 0.05) is 17.8 Å². The van der Waals surface area contributed by atoms with E-state index >= 15 is 0 Å². The van der Waals surface area contributed by atoms with Crippen molar-refractivity contribution in [2.24, 2.45) is 0 Å². The lowest BCUT2D eigenvalue weighted by molar-refractivity contribution is -0.384. The van der Waals surface area contributed by atoms with Gasteiger partial charge in [0.15, 0.2) is 6.61 Å². The zero-order chi connectivity index (χ0) is 16.1. The van der Waals surface area contributed by atoms with Crippen LogP contribution in [-0.4, -0.2) is 17.4 Å². The Morgan fingerprint density at radius 1 is 1.32 bits per heavy atom. The van der Waals surface area contributed by atoms with E-state index in [0.29, 0.717) is 22.0 Å². The molecule has 22 heavy (non-hydrogen) atoms. The largest absolute Gasteiger partial charge is 0.482 e. The number of aryl methyl sites for hydroxylation is 1. The minimum Gasteiger partial charge on any atom is -0.482 e. The molecule has 1 N–H and O–H groups in total. The summed E-state index contributed by atoms with van der Waals surface area (Å²) in [5.74, 6) is 0.0385. The standard InChI is InChI=1S/C15H13ClN2O4/c1-10-8-11(18(20)21)6-7-13(10)17-15(19)9-22-14-5-3-2-4-12(14)16/h2-8H,9H2,1H3,(H,17,19). The van der Waals surface area contributed by atoms with Crippen LogP contribution in [-0.2, 0) is 4.79 Å². The number of hydrogen-bond donors (Lipinski definition) is 1. The molecule has 0 bridgehead atoms. The van der Waals surface area contributed by atoms with Crippen LogP contribution in [0.15, 0.2) is 42.5 Å². The van der Waals surface area contributed by atoms with Gasteiger partial charge < -0.3 is 10.1 Å². The molecule has 0 saturated carbocycles. The number of rotatable bonds is 5. The summed E-state index contributed by atoms with van der Waals surface area (Å²) in [4.78, 5) is 22.0. The van der Waals surface area contributed by atoms with Gasteiger partial charge in [0.05, 0.1) is 9.95 Å². The summed E-state index contributed by atoms with van der Waals surface area (Å²) in [5, 5.41) is 13.7. The smallest absolute Gasteiger partial charge is 0.269 e. The number of para-hydroxylation sites is 1. The third-order valence-corrected chi connectivity index (χ3v) is 3.20. The molecule has 0 atom stereocenters. The van der Waals surface area contributed by atoms with Crippen LogP contribution in [0, 0.1) is 17.0 Å². The average Bonchev–Trinajstić information content (AvgIpc) is 2.48. The van der Waals surface area contributed by atoms with Crippen molar-refractivity contribution in [2.75, 3.05) is 11.9 Å². The molecule has 2 aromatic carbocycles. The lowest BCUT2D eigenvalue weighted by Crippen LogP contribution is -2.20. The Kier molecular flexibility index (Phi) is 4.95. The molecule has 2 aromatic rings. The van der Waals surface area contributed by atoms with E-state index in [-0.39, 0.29) is 18.2 Å². The number of ether oxygens (including phenoxy) is 1. The van der Waals surface area contributed by atoms with Crippen LogP contribution in [0.2, 0.25) is 5.02 Å². The fourth-order valence-corrected chi connectivity index (χ4v) is 1.98. The van der Waals surface area contributed by atoms with Crippen molar-refractivity contribution >= 4 is 28.9 Å². The van der Waals surface area contributed by atoms with E-state index in [1.165, 1.54) is 18.2 Å². The maximum Gasteiger partial charge on any atom is 0.269 e. The van der Waals surface area contributed by atoms with Crippen LogP contribution < -0.4 is 10.1 Å². The van der Waals surface area contributed by atoms with E-state index < -0.39 is 4.92 Å². The van der Waals surface area contributed by atoms with Crippen molar-refractivity contribution < 1.29 is 14.5 Å². The molecule has 0 aliphatic heterocycles. The summed E-state index contributed by atoms with van der Waals surface area (Å²) in [6.45, 7) is 1.47. The Morgan fingerprint density at radius 2 is 2.05 bits per heavy atom. The number of hydrogen-bond acceptors (Lipinski definition) is 4. The molecule has 114 valence electrons. The first-order chi connectivity index (χ1) is 10.5. The Balaban J connectivity index is 1.98. The van der Waals surface area contributed by atoms with E-state index in [9.17, 15) is 14.9 Å². The zero-order valence-electron chi connectivity index (χ0n) is 11.7. The number of carbonyl (C=O) groups excluding carboxylic acids is 1. The first kappa shape index (κ1) is 15.8. The van der Waals surface area contributed by atoms with Gasteiger partial charge >= 0.3 is 0 Å². The Labute approximate surface area is 131 Å². The number of amides is 1. The molecule has 2 rings (SSSR count). The molecule has 1 amide bonds. The molecule has 7 heteroatoms. The van der Waals surface area contributed by atoms with E-state index in [2.05, 4.69) is 5.32 Å². The van der Waals surface area contributed by atoms with Gasteiger partial charge in [-0.05, 0) is 30.7 Å². The van der Waals surface area contributed by atoms with Gasteiger partial charge in [-0.25, -0.2) is 0 Å². The molecular weight excluding hydrogens is 308 g/mol. The lowest BCUT2D eigenvalue weighted by atomic mass is 10.2. The minimum atomic E-state index is -0.487. The summed E-state index contributed by atoms with van der Waals surface area (Å²) >= 11 is 5.92. The average molecular weight is 321 g/mol.